The number of hydrogen-bond acceptors (Lipinski definition) is 3. The van der Waals surface area contributed by atoms with Crippen molar-refractivity contribution in [2.24, 2.45) is 0 Å². The second-order valence-corrected chi connectivity index (χ2v) is 3.99. The summed E-state index contributed by atoms with van der Waals surface area (Å²) in [5.41, 5.74) is 0. The smallest absolute Gasteiger partial charge is 0.335 e. The maximum Gasteiger partial charge on any atom is 0.335 e. The maximum atomic E-state index is 11.1. The van der Waals surface area contributed by atoms with Crippen LogP contribution in [0.5, 0.6) is 0 Å². The van der Waals surface area contributed by atoms with Gasteiger partial charge in [-0.05, 0) is 13.3 Å². The van der Waals surface area contributed by atoms with Gasteiger partial charge < -0.3 is 9.26 Å². The molecule has 0 aromatic carbocycles. The van der Waals surface area contributed by atoms with E-state index in [-0.39, 0.29) is 5.97 Å². The van der Waals surface area contributed by atoms with Gasteiger partial charge in [0.05, 0.1) is 6.61 Å². The first-order chi connectivity index (χ1) is 7.22. The molecule has 0 bridgehead atoms. The first-order valence-electron chi connectivity index (χ1n) is 5.74. The molecule has 3 nitrogen and oxygen atoms in total. The molecule has 0 aliphatic carbocycles. The summed E-state index contributed by atoms with van der Waals surface area (Å²) in [6, 6.07) is 0. The Morgan fingerprint density at radius 2 is 1.80 bits per heavy atom. The summed E-state index contributed by atoms with van der Waals surface area (Å²) >= 11 is 0. The van der Waals surface area contributed by atoms with Crippen LogP contribution in [0.15, 0.2) is 0 Å². The van der Waals surface area contributed by atoms with E-state index in [9.17, 15) is 4.79 Å². The summed E-state index contributed by atoms with van der Waals surface area (Å²) in [5, 5.41) is 0. The normalized spacial score (nSPS) is 12.5. The van der Waals surface area contributed by atoms with Gasteiger partial charge in [-0.1, -0.05) is 39.0 Å². The lowest BCUT2D eigenvalue weighted by molar-refractivity contribution is -0.150. The monoisotopic (exact) mass is 234 g/mol. The molecule has 0 aliphatic heterocycles. The van der Waals surface area contributed by atoms with Crippen molar-refractivity contribution in [3.8, 4) is 0 Å². The van der Waals surface area contributed by atoms with Crippen LogP contribution < -0.4 is 0 Å². The van der Waals surface area contributed by atoms with Crippen molar-refractivity contribution in [1.29, 1.82) is 0 Å². The lowest BCUT2D eigenvalue weighted by Gasteiger charge is -2.09. The van der Waals surface area contributed by atoms with Gasteiger partial charge in [-0.25, -0.2) is 4.79 Å². The summed E-state index contributed by atoms with van der Waals surface area (Å²) in [5.74, 6) is -0.279. The van der Waals surface area contributed by atoms with Crippen LogP contribution in [-0.4, -0.2) is 18.7 Å². The first-order valence-corrected chi connectivity index (χ1v) is 6.21. The molecular weight excluding hydrogens is 211 g/mol. The molecule has 0 aliphatic rings. The average molecular weight is 234 g/mol. The second-order valence-electron chi connectivity index (χ2n) is 3.71. The number of carbonyl (C=O) groups is 1. The summed E-state index contributed by atoms with van der Waals surface area (Å²) in [4.78, 5) is 11.1. The van der Waals surface area contributed by atoms with Crippen molar-refractivity contribution < 1.29 is 14.1 Å². The van der Waals surface area contributed by atoms with Crippen molar-refractivity contribution in [2.75, 3.05) is 6.61 Å². The van der Waals surface area contributed by atoms with Crippen molar-refractivity contribution in [3.05, 3.63) is 0 Å². The molecule has 0 aromatic rings. The zero-order valence-electron chi connectivity index (χ0n) is 9.83. The predicted octanol–water partition coefficient (Wildman–Crippen LogP) is 3.09. The van der Waals surface area contributed by atoms with Crippen LogP contribution >= 0.6 is 9.47 Å². The fraction of sp³-hybridized carbons (Fsp3) is 0.909. The third kappa shape index (κ3) is 8.83. The quantitative estimate of drug-likeness (QED) is 0.349. The van der Waals surface area contributed by atoms with Gasteiger partial charge in [0.2, 0.25) is 0 Å². The van der Waals surface area contributed by atoms with E-state index in [2.05, 4.69) is 16.4 Å². The molecular formula is C11H23O3P. The minimum atomic E-state index is -0.477. The summed E-state index contributed by atoms with van der Waals surface area (Å²) in [7, 11) is 2.07. The van der Waals surface area contributed by atoms with Gasteiger partial charge >= 0.3 is 5.97 Å². The van der Waals surface area contributed by atoms with Crippen LogP contribution in [0.1, 0.15) is 52.4 Å². The highest BCUT2D eigenvalue weighted by atomic mass is 31.0. The van der Waals surface area contributed by atoms with Crippen molar-refractivity contribution >= 4 is 15.4 Å². The molecule has 0 N–H and O–H groups in total. The van der Waals surface area contributed by atoms with E-state index in [1.54, 1.807) is 6.92 Å². The van der Waals surface area contributed by atoms with Gasteiger partial charge in [-0.3, -0.25) is 0 Å². The van der Waals surface area contributed by atoms with Gasteiger partial charge in [0, 0.05) is 9.47 Å². The SMILES string of the molecule is CCCCCCCCOC(=O)C(C)OP. The minimum Gasteiger partial charge on any atom is -0.464 e. The molecule has 0 rings (SSSR count). The number of esters is 1. The molecule has 90 valence electrons. The Kier molecular flexibility index (Phi) is 10.3. The fourth-order valence-electron chi connectivity index (χ4n) is 1.23. The maximum absolute atomic E-state index is 11.1. The standard InChI is InChI=1S/C11H23O3P/c1-3-4-5-6-7-8-9-13-11(12)10(2)14-15/h10H,3-9,15H2,1-2H3. The molecule has 2 unspecified atom stereocenters. The van der Waals surface area contributed by atoms with E-state index in [1.807, 2.05) is 0 Å². The zero-order chi connectivity index (χ0) is 11.5. The Bertz CT molecular complexity index is 162. The highest BCUT2D eigenvalue weighted by Gasteiger charge is 2.12. The molecule has 15 heavy (non-hydrogen) atoms. The summed E-state index contributed by atoms with van der Waals surface area (Å²) in [6.07, 6.45) is 6.71. The number of ether oxygens (including phenoxy) is 1. The fourth-order valence-corrected chi connectivity index (χ4v) is 1.34. The number of unbranched alkanes of at least 4 members (excludes halogenated alkanes) is 5. The van der Waals surface area contributed by atoms with Gasteiger partial charge in [0.25, 0.3) is 0 Å². The Morgan fingerprint density at radius 3 is 2.40 bits per heavy atom. The van der Waals surface area contributed by atoms with Gasteiger partial charge in [-0.15, -0.1) is 0 Å². The molecule has 0 heterocycles. The van der Waals surface area contributed by atoms with Crippen LogP contribution in [0.3, 0.4) is 0 Å². The van der Waals surface area contributed by atoms with E-state index < -0.39 is 6.10 Å². The number of rotatable bonds is 9. The third-order valence-electron chi connectivity index (χ3n) is 2.28. The molecule has 0 saturated carbocycles. The second kappa shape index (κ2) is 10.4. The van der Waals surface area contributed by atoms with Gasteiger partial charge in [-0.2, -0.15) is 0 Å². The van der Waals surface area contributed by atoms with Crippen LogP contribution in [-0.2, 0) is 14.1 Å². The van der Waals surface area contributed by atoms with E-state index in [0.29, 0.717) is 6.61 Å². The number of hydrogen-bond donors (Lipinski definition) is 0. The van der Waals surface area contributed by atoms with E-state index in [1.165, 1.54) is 25.7 Å². The average Bonchev–Trinajstić information content (AvgIpc) is 2.26. The van der Waals surface area contributed by atoms with E-state index in [4.69, 9.17) is 9.26 Å². The predicted molar refractivity (Wildman–Crippen MR) is 64.6 cm³/mol. The van der Waals surface area contributed by atoms with Gasteiger partial charge in [0.1, 0.15) is 0 Å². The lowest BCUT2D eigenvalue weighted by Crippen LogP contribution is -2.20. The Morgan fingerprint density at radius 1 is 1.20 bits per heavy atom. The molecule has 2 atom stereocenters. The molecule has 0 spiro atoms. The molecule has 0 saturated heterocycles. The molecule has 0 amide bonds. The molecule has 0 radical (unpaired) electrons. The minimum absolute atomic E-state index is 0.279. The highest BCUT2D eigenvalue weighted by Crippen LogP contribution is 2.06. The van der Waals surface area contributed by atoms with Crippen LogP contribution in [0, 0.1) is 0 Å². The van der Waals surface area contributed by atoms with Crippen LogP contribution in [0.25, 0.3) is 0 Å². The van der Waals surface area contributed by atoms with Gasteiger partial charge in [0.15, 0.2) is 6.10 Å². The molecule has 4 heteroatoms. The van der Waals surface area contributed by atoms with Crippen molar-refractivity contribution in [1.82, 2.24) is 0 Å². The molecule has 0 aromatic heterocycles. The first kappa shape index (κ1) is 14.9. The van der Waals surface area contributed by atoms with E-state index in [0.717, 1.165) is 12.8 Å². The third-order valence-corrected chi connectivity index (χ3v) is 2.69. The number of carbonyl (C=O) groups excluding carboxylic acids is 1. The van der Waals surface area contributed by atoms with Crippen LogP contribution in [0.2, 0.25) is 0 Å². The van der Waals surface area contributed by atoms with E-state index >= 15 is 0 Å². The van der Waals surface area contributed by atoms with Crippen LogP contribution in [0.4, 0.5) is 0 Å². The molecule has 0 fully saturated rings. The Hall–Kier alpha value is -0.140. The van der Waals surface area contributed by atoms with Crippen molar-refractivity contribution in [2.45, 2.75) is 58.5 Å². The summed E-state index contributed by atoms with van der Waals surface area (Å²) < 4.78 is 9.79. The summed E-state index contributed by atoms with van der Waals surface area (Å²) in [6.45, 7) is 4.39. The Balaban J connectivity index is 3.20. The Labute approximate surface area is 95.2 Å². The largest absolute Gasteiger partial charge is 0.464 e. The lowest BCUT2D eigenvalue weighted by atomic mass is 10.1. The highest BCUT2D eigenvalue weighted by molar-refractivity contribution is 7.09. The zero-order valence-corrected chi connectivity index (χ0v) is 11.0. The topological polar surface area (TPSA) is 35.5 Å². The van der Waals surface area contributed by atoms with Crippen molar-refractivity contribution in [3.63, 3.8) is 0 Å².